The molecule has 0 fully saturated rings. The molecule has 0 amide bonds. The number of para-hydroxylation sites is 1. The van der Waals surface area contributed by atoms with Crippen LogP contribution in [0.3, 0.4) is 0 Å². The number of alkyl halides is 2. The Morgan fingerprint density at radius 3 is 2.34 bits per heavy atom. The quantitative estimate of drug-likeness (QED) is 0.262. The van der Waals surface area contributed by atoms with Gasteiger partial charge in [0.15, 0.2) is 5.82 Å². The number of aromatic nitrogens is 4. The van der Waals surface area contributed by atoms with Gasteiger partial charge in [0.2, 0.25) is 0 Å². The number of hydrogen-bond acceptors (Lipinski definition) is 6. The first-order chi connectivity index (χ1) is 19.9. The predicted molar refractivity (Wildman–Crippen MR) is 153 cm³/mol. The van der Waals surface area contributed by atoms with Crippen molar-refractivity contribution in [1.29, 1.82) is 0 Å². The molecule has 0 saturated heterocycles. The Morgan fingerprint density at radius 2 is 1.66 bits per heavy atom. The molecule has 8 nitrogen and oxygen atoms in total. The van der Waals surface area contributed by atoms with E-state index in [0.717, 1.165) is 26.1 Å². The lowest BCUT2D eigenvalue weighted by Crippen LogP contribution is -2.39. The summed E-state index contributed by atoms with van der Waals surface area (Å²) in [5.74, 6) is -0.349. The van der Waals surface area contributed by atoms with Gasteiger partial charge in [0.05, 0.1) is 17.6 Å². The molecule has 0 aliphatic rings. The Morgan fingerprint density at radius 1 is 0.951 bits per heavy atom. The summed E-state index contributed by atoms with van der Waals surface area (Å²) in [7, 11) is 0. The largest absolute Gasteiger partial charge is 0.439 e. The summed E-state index contributed by atoms with van der Waals surface area (Å²) in [5.41, 5.74) is 1.27. The molecule has 0 bridgehead atoms. The smallest absolute Gasteiger partial charge is 0.296 e. The third-order valence-electron chi connectivity index (χ3n) is 6.85. The number of aryl methyl sites for hydroxylation is 1. The zero-order chi connectivity index (χ0) is 28.7. The molecule has 6 rings (SSSR count). The minimum Gasteiger partial charge on any atom is -0.296 e. The number of thiophene rings is 1. The van der Waals surface area contributed by atoms with Crippen molar-refractivity contribution in [3.05, 3.63) is 126 Å². The zero-order valence-corrected chi connectivity index (χ0v) is 22.5. The van der Waals surface area contributed by atoms with E-state index in [1.807, 2.05) is 55.5 Å². The maximum absolute atomic E-state index is 13.9. The van der Waals surface area contributed by atoms with Crippen molar-refractivity contribution < 1.29 is 13.3 Å². The lowest BCUT2D eigenvalue weighted by molar-refractivity contribution is 0.151. The van der Waals surface area contributed by atoms with Gasteiger partial charge in [-0.2, -0.15) is 0 Å². The molecule has 0 spiro atoms. The van der Waals surface area contributed by atoms with Crippen LogP contribution in [0.5, 0.6) is 0 Å². The number of nitrogens with one attached hydrogen (secondary N) is 1. The summed E-state index contributed by atoms with van der Waals surface area (Å²) in [4.78, 5) is 42.8. The highest BCUT2D eigenvalue weighted by Crippen LogP contribution is 2.31. The highest BCUT2D eigenvalue weighted by Gasteiger charge is 2.22. The second-order valence-electron chi connectivity index (χ2n) is 9.34. The third-order valence-corrected chi connectivity index (χ3v) is 8.16. The van der Waals surface area contributed by atoms with Crippen LogP contribution in [0.1, 0.15) is 29.4 Å². The number of hydrogen-bond donors (Lipinski definition) is 1. The first-order valence-corrected chi connectivity index (χ1v) is 13.6. The van der Waals surface area contributed by atoms with E-state index in [1.54, 1.807) is 6.07 Å². The third kappa shape index (κ3) is 4.74. The Bertz CT molecular complexity index is 2070. The maximum atomic E-state index is 13.9. The Balaban J connectivity index is 1.46. The SMILES string of the molecule is CCc1cc2c(=O)n(-c3ccccc3C(F)F)c(=O)n(Cc3ccc(-c4ccccc4-c4noc(=O)[nH]4)cc3)c2s1. The summed E-state index contributed by atoms with van der Waals surface area (Å²) < 4.78 is 34.7. The van der Waals surface area contributed by atoms with Crippen LogP contribution in [-0.4, -0.2) is 19.3 Å². The van der Waals surface area contributed by atoms with Crippen molar-refractivity contribution in [3.8, 4) is 28.2 Å². The molecule has 206 valence electrons. The molecule has 3 aromatic carbocycles. The molecule has 0 unspecified atom stereocenters. The fraction of sp³-hybridized carbons (Fsp3) is 0.133. The number of nitrogens with zero attached hydrogens (tertiary/aromatic N) is 3. The van der Waals surface area contributed by atoms with Crippen molar-refractivity contribution in [2.24, 2.45) is 0 Å². The van der Waals surface area contributed by atoms with Crippen LogP contribution in [0, 0.1) is 0 Å². The second kappa shape index (κ2) is 10.6. The molecule has 6 aromatic rings. The minimum atomic E-state index is -2.86. The summed E-state index contributed by atoms with van der Waals surface area (Å²) in [6.45, 7) is 2.07. The highest BCUT2D eigenvalue weighted by atomic mass is 32.1. The molecule has 0 aliphatic carbocycles. The van der Waals surface area contributed by atoms with Gasteiger partial charge in [-0.1, -0.05) is 78.8 Å². The predicted octanol–water partition coefficient (Wildman–Crippen LogP) is 5.77. The van der Waals surface area contributed by atoms with Crippen LogP contribution in [0.4, 0.5) is 8.78 Å². The van der Waals surface area contributed by atoms with E-state index < -0.39 is 23.4 Å². The van der Waals surface area contributed by atoms with E-state index in [-0.39, 0.29) is 17.8 Å². The molecular weight excluding hydrogens is 550 g/mol. The lowest BCUT2D eigenvalue weighted by atomic mass is 9.98. The first-order valence-electron chi connectivity index (χ1n) is 12.8. The second-order valence-corrected chi connectivity index (χ2v) is 10.5. The van der Waals surface area contributed by atoms with Crippen LogP contribution < -0.4 is 17.0 Å². The average Bonchev–Trinajstić information content (AvgIpc) is 3.62. The fourth-order valence-electron chi connectivity index (χ4n) is 4.86. The van der Waals surface area contributed by atoms with Gasteiger partial charge in [-0.25, -0.2) is 22.9 Å². The summed E-state index contributed by atoms with van der Waals surface area (Å²) in [6, 6.07) is 22.1. The standard InChI is InChI=1S/C30H22F2N4O4S/c1-2-19-15-23-27(37)36(24-10-6-5-9-22(24)25(31)32)30(39)35(28(23)41-19)16-17-11-13-18(14-12-17)20-7-3-4-8-21(20)26-33-29(38)40-34-26/h3-15,25H,2,16H2,1H3,(H,33,34,38). The van der Waals surface area contributed by atoms with Crippen LogP contribution >= 0.6 is 11.3 Å². The van der Waals surface area contributed by atoms with Crippen LogP contribution in [-0.2, 0) is 13.0 Å². The van der Waals surface area contributed by atoms with E-state index in [2.05, 4.69) is 14.7 Å². The molecule has 41 heavy (non-hydrogen) atoms. The van der Waals surface area contributed by atoms with Gasteiger partial charge < -0.3 is 0 Å². The zero-order valence-electron chi connectivity index (χ0n) is 21.6. The van der Waals surface area contributed by atoms with Crippen LogP contribution in [0.15, 0.2) is 97.8 Å². The van der Waals surface area contributed by atoms with E-state index in [0.29, 0.717) is 28.0 Å². The average molecular weight is 573 g/mol. The van der Waals surface area contributed by atoms with Gasteiger partial charge in [0.1, 0.15) is 4.83 Å². The summed E-state index contributed by atoms with van der Waals surface area (Å²) in [6.07, 6.45) is -2.20. The number of rotatable bonds is 7. The van der Waals surface area contributed by atoms with Gasteiger partial charge in [-0.15, -0.1) is 11.3 Å². The first kappa shape index (κ1) is 26.3. The molecule has 3 heterocycles. The molecule has 1 N–H and O–H groups in total. The Hall–Kier alpha value is -4.90. The van der Waals surface area contributed by atoms with Crippen molar-refractivity contribution >= 4 is 21.6 Å². The Kier molecular flexibility index (Phi) is 6.80. The van der Waals surface area contributed by atoms with Crippen molar-refractivity contribution in [2.75, 3.05) is 0 Å². The molecule has 0 radical (unpaired) electrons. The molecule has 0 atom stereocenters. The van der Waals surface area contributed by atoms with E-state index in [9.17, 15) is 23.2 Å². The highest BCUT2D eigenvalue weighted by molar-refractivity contribution is 7.18. The lowest BCUT2D eigenvalue weighted by Gasteiger charge is -2.15. The molecule has 11 heteroatoms. The number of H-pyrrole nitrogens is 1. The van der Waals surface area contributed by atoms with Crippen molar-refractivity contribution in [2.45, 2.75) is 26.3 Å². The maximum Gasteiger partial charge on any atom is 0.439 e. The number of fused-ring (bicyclic) bond motifs is 1. The molecule has 3 aromatic heterocycles. The van der Waals surface area contributed by atoms with E-state index >= 15 is 0 Å². The van der Waals surface area contributed by atoms with E-state index in [4.69, 9.17) is 0 Å². The van der Waals surface area contributed by atoms with Crippen LogP contribution in [0.2, 0.25) is 0 Å². The minimum absolute atomic E-state index is 0.120. The normalized spacial score (nSPS) is 11.5. The Labute approximate surface area is 234 Å². The van der Waals surface area contributed by atoms with Gasteiger partial charge >= 0.3 is 11.4 Å². The van der Waals surface area contributed by atoms with Crippen LogP contribution in [0.25, 0.3) is 38.4 Å². The van der Waals surface area contributed by atoms with Gasteiger partial charge in [-0.05, 0) is 35.2 Å². The molecule has 0 saturated carbocycles. The van der Waals surface area contributed by atoms with E-state index in [1.165, 1.54) is 40.2 Å². The number of aromatic amines is 1. The summed E-state index contributed by atoms with van der Waals surface area (Å²) in [5, 5.41) is 4.10. The van der Waals surface area contributed by atoms with Gasteiger partial charge in [0, 0.05) is 16.0 Å². The summed E-state index contributed by atoms with van der Waals surface area (Å²) >= 11 is 1.34. The number of benzene rings is 3. The van der Waals surface area contributed by atoms with Gasteiger partial charge in [-0.3, -0.25) is 18.9 Å². The van der Waals surface area contributed by atoms with Crippen molar-refractivity contribution in [3.63, 3.8) is 0 Å². The fourth-order valence-corrected chi connectivity index (χ4v) is 5.94. The molecular formula is C30H22F2N4O4S. The van der Waals surface area contributed by atoms with Gasteiger partial charge in [0.25, 0.3) is 12.0 Å². The van der Waals surface area contributed by atoms with Crippen molar-refractivity contribution in [1.82, 2.24) is 19.3 Å². The monoisotopic (exact) mass is 572 g/mol. The topological polar surface area (TPSA) is 103 Å². The molecule has 0 aliphatic heterocycles. The number of halogens is 2.